The molecular formula is C7H11LiNO2-. The number of hydrogen-bond donors (Lipinski definition) is 0. The van der Waals surface area contributed by atoms with Crippen molar-refractivity contribution in [1.29, 1.82) is 0 Å². The molecule has 1 saturated carbocycles. The third-order valence-electron chi connectivity index (χ3n) is 2.37. The maximum atomic E-state index is 10.2. The Morgan fingerprint density at radius 3 is 2.27 bits per heavy atom. The second-order valence-corrected chi connectivity index (χ2v) is 3.06. The minimum atomic E-state index is 0. The summed E-state index contributed by atoms with van der Waals surface area (Å²) >= 11 is 0. The standard InChI is InChI=1S/C7H10NO.Li.H2O/c1-8-6(4-9)7(8)5-2-3-5;;/h5-7H,2-3H2,1H3;;1H2/q-1;+1;/p-1/t6-,7+,8?;;/m0../s1. The summed E-state index contributed by atoms with van der Waals surface area (Å²) in [6.07, 6.45) is 4.69. The predicted molar refractivity (Wildman–Crippen MR) is 35.7 cm³/mol. The summed E-state index contributed by atoms with van der Waals surface area (Å²) in [5.41, 5.74) is 0. The van der Waals surface area contributed by atoms with Gasteiger partial charge in [0.05, 0.1) is 0 Å². The van der Waals surface area contributed by atoms with Gasteiger partial charge in [-0.3, -0.25) is 0 Å². The van der Waals surface area contributed by atoms with E-state index in [2.05, 4.69) is 4.90 Å². The first-order chi connectivity index (χ1) is 4.34. The molecule has 2 aliphatic rings. The minimum absolute atomic E-state index is 0. The van der Waals surface area contributed by atoms with Gasteiger partial charge in [0.2, 0.25) is 0 Å². The Hall–Kier alpha value is 0.187. The first-order valence-electron chi connectivity index (χ1n) is 3.44. The van der Waals surface area contributed by atoms with Crippen LogP contribution >= 0.6 is 0 Å². The molecule has 2 rings (SSSR count). The van der Waals surface area contributed by atoms with Gasteiger partial charge in [0.15, 0.2) is 0 Å². The van der Waals surface area contributed by atoms with E-state index in [0.717, 1.165) is 5.92 Å². The molecule has 0 radical (unpaired) electrons. The first-order valence-corrected chi connectivity index (χ1v) is 3.44. The molecule has 0 bridgehead atoms. The van der Waals surface area contributed by atoms with Crippen molar-refractivity contribution >= 4 is 6.29 Å². The van der Waals surface area contributed by atoms with Crippen LogP contribution in [0.25, 0.3) is 0 Å². The maximum absolute atomic E-state index is 10.2. The van der Waals surface area contributed by atoms with Gasteiger partial charge in [-0.1, -0.05) is 6.04 Å². The normalized spacial score (nSPS) is 39.9. The summed E-state index contributed by atoms with van der Waals surface area (Å²) in [7, 11) is 2.00. The van der Waals surface area contributed by atoms with Crippen LogP contribution in [-0.2, 0) is 4.79 Å². The van der Waals surface area contributed by atoms with Gasteiger partial charge in [-0.05, 0) is 25.8 Å². The zero-order valence-corrected chi connectivity index (χ0v) is 6.95. The van der Waals surface area contributed by atoms with E-state index in [-0.39, 0.29) is 30.4 Å². The number of hydrogen-bond acceptors (Lipinski definition) is 3. The van der Waals surface area contributed by atoms with Gasteiger partial charge in [0.1, 0.15) is 0 Å². The van der Waals surface area contributed by atoms with E-state index in [0.29, 0.717) is 6.04 Å². The van der Waals surface area contributed by atoms with Gasteiger partial charge in [-0.15, -0.1) is 0 Å². The Morgan fingerprint density at radius 2 is 2.00 bits per heavy atom. The molecule has 0 aromatic carbocycles. The van der Waals surface area contributed by atoms with Crippen molar-refractivity contribution in [3.8, 4) is 0 Å². The molecule has 1 heterocycles. The van der Waals surface area contributed by atoms with E-state index in [1.165, 1.54) is 12.8 Å². The second kappa shape index (κ2) is 3.73. The average Bonchev–Trinajstić information content (AvgIpc) is 2.61. The van der Waals surface area contributed by atoms with Crippen molar-refractivity contribution in [3.63, 3.8) is 0 Å². The summed E-state index contributed by atoms with van der Waals surface area (Å²) in [5, 5.41) is 0. The minimum Gasteiger partial charge on any atom is -0.870 e. The quantitative estimate of drug-likeness (QED) is 0.238. The van der Waals surface area contributed by atoms with Crippen LogP contribution in [0.2, 0.25) is 0 Å². The summed E-state index contributed by atoms with van der Waals surface area (Å²) in [4.78, 5) is 12.3. The topological polar surface area (TPSA) is 50.1 Å². The van der Waals surface area contributed by atoms with E-state index in [4.69, 9.17) is 0 Å². The largest absolute Gasteiger partial charge is 1.00 e. The Bertz CT molecular complexity index is 149. The van der Waals surface area contributed by atoms with Crippen LogP contribution in [0.15, 0.2) is 0 Å². The van der Waals surface area contributed by atoms with Crippen molar-refractivity contribution in [2.24, 2.45) is 5.92 Å². The third-order valence-corrected chi connectivity index (χ3v) is 2.37. The van der Waals surface area contributed by atoms with Crippen LogP contribution < -0.4 is 18.9 Å². The van der Waals surface area contributed by atoms with Gasteiger partial charge >= 0.3 is 18.9 Å². The molecular weight excluding hydrogens is 137 g/mol. The van der Waals surface area contributed by atoms with E-state index in [9.17, 15) is 4.79 Å². The molecule has 0 aromatic rings. The van der Waals surface area contributed by atoms with Crippen molar-refractivity contribution in [1.82, 2.24) is 4.90 Å². The molecule has 4 heteroatoms. The molecule has 1 aliphatic heterocycles. The molecule has 11 heavy (non-hydrogen) atoms. The van der Waals surface area contributed by atoms with Crippen molar-refractivity contribution in [2.75, 3.05) is 7.05 Å². The molecule has 0 spiro atoms. The fourth-order valence-electron chi connectivity index (χ4n) is 1.54. The van der Waals surface area contributed by atoms with E-state index in [1.807, 2.05) is 13.3 Å². The van der Waals surface area contributed by atoms with E-state index in [1.54, 1.807) is 0 Å². The average molecular weight is 148 g/mol. The second-order valence-electron chi connectivity index (χ2n) is 3.06. The first kappa shape index (κ1) is 11.2. The Kier molecular flexibility index (Phi) is 3.79. The number of carbonyl (C=O) groups excluding carboxylic acids is 1. The van der Waals surface area contributed by atoms with Crippen LogP contribution in [0, 0.1) is 5.92 Å². The summed E-state index contributed by atoms with van der Waals surface area (Å²) in [6.45, 7) is 0. The zero-order valence-electron chi connectivity index (χ0n) is 6.95. The summed E-state index contributed by atoms with van der Waals surface area (Å²) < 4.78 is 0. The van der Waals surface area contributed by atoms with Crippen molar-refractivity contribution < 1.29 is 29.1 Å². The third kappa shape index (κ3) is 1.85. The number of likely N-dealkylation sites (N-methyl/N-ethyl adjacent to an activating group) is 1. The van der Waals surface area contributed by atoms with Crippen LogP contribution in [0.5, 0.6) is 0 Å². The molecule has 1 N–H and O–H groups in total. The van der Waals surface area contributed by atoms with Gasteiger partial charge in [-0.2, -0.15) is 0 Å². The van der Waals surface area contributed by atoms with Gasteiger partial charge in [0.25, 0.3) is 0 Å². The maximum Gasteiger partial charge on any atom is 1.00 e. The van der Waals surface area contributed by atoms with Crippen molar-refractivity contribution in [3.05, 3.63) is 0 Å². The Morgan fingerprint density at radius 1 is 1.45 bits per heavy atom. The molecule has 1 unspecified atom stereocenters. The fraction of sp³-hybridized carbons (Fsp3) is 0.857. The Labute approximate surface area is 78.6 Å². The van der Waals surface area contributed by atoms with Crippen LogP contribution in [0.4, 0.5) is 0 Å². The molecule has 1 aliphatic carbocycles. The summed E-state index contributed by atoms with van der Waals surface area (Å²) in [6, 6.07) is 0.722. The van der Waals surface area contributed by atoms with Gasteiger partial charge in [-0.25, -0.2) is 6.29 Å². The van der Waals surface area contributed by atoms with E-state index >= 15 is 0 Å². The number of rotatable bonds is 2. The molecule has 58 valence electrons. The monoisotopic (exact) mass is 148 g/mol. The fourth-order valence-corrected chi connectivity index (χ4v) is 1.54. The van der Waals surface area contributed by atoms with Crippen LogP contribution in [0.1, 0.15) is 12.8 Å². The molecule has 0 aromatic heterocycles. The smallest absolute Gasteiger partial charge is 0.870 e. The molecule has 3 atom stereocenters. The van der Waals surface area contributed by atoms with Gasteiger partial charge < -0.3 is 15.2 Å². The summed E-state index contributed by atoms with van der Waals surface area (Å²) in [5.74, 6) is 0.835. The molecule has 1 saturated heterocycles. The molecule has 2 fully saturated rings. The van der Waals surface area contributed by atoms with Crippen LogP contribution in [-0.4, -0.2) is 35.8 Å². The van der Waals surface area contributed by atoms with Crippen molar-refractivity contribution in [2.45, 2.75) is 24.9 Å². The predicted octanol–water partition coefficient (Wildman–Crippen LogP) is -2.98. The Balaban J connectivity index is 0.000000500. The van der Waals surface area contributed by atoms with E-state index < -0.39 is 0 Å². The van der Waals surface area contributed by atoms with Crippen LogP contribution in [0.3, 0.4) is 0 Å². The van der Waals surface area contributed by atoms with Gasteiger partial charge in [0, 0.05) is 6.04 Å². The zero-order chi connectivity index (χ0) is 6.43. The SMILES string of the molecule is CN1[C@H](C2CC2)[C@@H]1[C-]=O.[Li+].[OH-]. The molecule has 0 amide bonds. The molecule has 3 nitrogen and oxygen atoms in total. The number of nitrogens with zero attached hydrogens (tertiary/aromatic N) is 1.